The molecule has 7 nitrogen and oxygen atoms in total. The molecule has 0 unspecified atom stereocenters. The second-order valence-electron chi connectivity index (χ2n) is 10.2. The maximum atomic E-state index is 13.1. The van der Waals surface area contributed by atoms with Gasteiger partial charge in [0, 0.05) is 17.1 Å². The van der Waals surface area contributed by atoms with Crippen LogP contribution in [-0.4, -0.2) is 34.8 Å². The number of nitrogens with zero attached hydrogens (tertiary/aromatic N) is 1. The summed E-state index contributed by atoms with van der Waals surface area (Å²) in [7, 11) is 0. The summed E-state index contributed by atoms with van der Waals surface area (Å²) in [6.07, 6.45) is 3.01. The smallest absolute Gasteiger partial charge is 0.325 e. The number of rotatable bonds is 5. The topological polar surface area (TPSA) is 90.5 Å². The van der Waals surface area contributed by atoms with Crippen LogP contribution in [-0.2, 0) is 9.59 Å². The average molecular weight is 449 g/mol. The standard InChI is InChI=1S/C26H32N4O3/c1-25(2,3)18-13-15-26(16-14-18)23(32)30(24(33)29-26)17-22(31)28-21-11-9-20(10-12-21)27-19-7-5-4-6-8-19/h4-12,18,27H,13-17H2,1-3H3,(H,28,31)(H,29,33). The first kappa shape index (κ1) is 22.8. The summed E-state index contributed by atoms with van der Waals surface area (Å²) in [5, 5.41) is 8.95. The summed E-state index contributed by atoms with van der Waals surface area (Å²) in [5.41, 5.74) is 1.79. The first-order chi connectivity index (χ1) is 15.7. The number of carbonyl (C=O) groups is 3. The summed E-state index contributed by atoms with van der Waals surface area (Å²) in [6.45, 7) is 6.35. The summed E-state index contributed by atoms with van der Waals surface area (Å²) >= 11 is 0. The van der Waals surface area contributed by atoms with E-state index in [1.165, 1.54) is 0 Å². The summed E-state index contributed by atoms with van der Waals surface area (Å²) in [4.78, 5) is 39.3. The fraction of sp³-hybridized carbons (Fsp3) is 0.423. The molecule has 3 N–H and O–H groups in total. The minimum atomic E-state index is -0.857. The monoisotopic (exact) mass is 448 g/mol. The van der Waals surface area contributed by atoms with E-state index in [0.717, 1.165) is 29.1 Å². The second-order valence-corrected chi connectivity index (χ2v) is 10.2. The second kappa shape index (κ2) is 8.89. The molecule has 2 aromatic rings. The van der Waals surface area contributed by atoms with Gasteiger partial charge in [-0.1, -0.05) is 39.0 Å². The zero-order chi connectivity index (χ0) is 23.6. The third-order valence-electron chi connectivity index (χ3n) is 6.84. The van der Waals surface area contributed by atoms with Gasteiger partial charge in [0.05, 0.1) is 0 Å². The van der Waals surface area contributed by atoms with Crippen LogP contribution >= 0.6 is 0 Å². The lowest BCUT2D eigenvalue weighted by molar-refractivity contribution is -0.135. The Morgan fingerprint density at radius 2 is 1.55 bits per heavy atom. The van der Waals surface area contributed by atoms with Crippen molar-refractivity contribution >= 4 is 34.9 Å². The maximum Gasteiger partial charge on any atom is 0.325 e. The van der Waals surface area contributed by atoms with E-state index in [9.17, 15) is 14.4 Å². The molecular weight excluding hydrogens is 416 g/mol. The fourth-order valence-corrected chi connectivity index (χ4v) is 4.80. The first-order valence-corrected chi connectivity index (χ1v) is 11.5. The SMILES string of the molecule is CC(C)(C)C1CCC2(CC1)NC(=O)N(CC(=O)Nc1ccc(Nc3ccccc3)cc1)C2=O. The number of nitrogens with one attached hydrogen (secondary N) is 3. The Bertz CT molecular complexity index is 1020. The molecule has 1 aliphatic heterocycles. The van der Waals surface area contributed by atoms with E-state index in [4.69, 9.17) is 0 Å². The quantitative estimate of drug-likeness (QED) is 0.568. The van der Waals surface area contributed by atoms with Crippen molar-refractivity contribution in [1.29, 1.82) is 0 Å². The van der Waals surface area contributed by atoms with Gasteiger partial charge in [-0.2, -0.15) is 0 Å². The minimum Gasteiger partial charge on any atom is -0.356 e. The minimum absolute atomic E-state index is 0.180. The summed E-state index contributed by atoms with van der Waals surface area (Å²) in [6, 6.07) is 16.6. The molecule has 1 saturated heterocycles. The Morgan fingerprint density at radius 1 is 0.970 bits per heavy atom. The highest BCUT2D eigenvalue weighted by Gasteiger charge is 2.53. The van der Waals surface area contributed by atoms with Crippen molar-refractivity contribution in [3.8, 4) is 0 Å². The van der Waals surface area contributed by atoms with E-state index in [0.29, 0.717) is 24.4 Å². The normalized spacial score (nSPS) is 22.9. The maximum absolute atomic E-state index is 13.1. The van der Waals surface area contributed by atoms with E-state index in [2.05, 4.69) is 36.7 Å². The lowest BCUT2D eigenvalue weighted by Gasteiger charge is -2.40. The van der Waals surface area contributed by atoms with Gasteiger partial charge in [-0.3, -0.25) is 14.5 Å². The Kier molecular flexibility index (Phi) is 6.15. The molecule has 2 fully saturated rings. The van der Waals surface area contributed by atoms with Gasteiger partial charge in [0.1, 0.15) is 12.1 Å². The lowest BCUT2D eigenvalue weighted by atomic mass is 9.67. The molecule has 1 heterocycles. The van der Waals surface area contributed by atoms with Crippen LogP contribution in [0.1, 0.15) is 46.5 Å². The van der Waals surface area contributed by atoms with Crippen molar-refractivity contribution in [3.63, 3.8) is 0 Å². The molecule has 4 amide bonds. The molecule has 0 aromatic heterocycles. The van der Waals surface area contributed by atoms with Crippen LogP contribution in [0.4, 0.5) is 21.9 Å². The molecule has 0 atom stereocenters. The Morgan fingerprint density at radius 3 is 2.15 bits per heavy atom. The molecule has 0 bridgehead atoms. The number of anilines is 3. The predicted molar refractivity (Wildman–Crippen MR) is 129 cm³/mol. The number of urea groups is 1. The highest BCUT2D eigenvalue weighted by Crippen LogP contribution is 2.43. The predicted octanol–water partition coefficient (Wildman–Crippen LogP) is 4.90. The van der Waals surface area contributed by atoms with Gasteiger partial charge in [0.25, 0.3) is 5.91 Å². The number of hydrogen-bond donors (Lipinski definition) is 3. The third-order valence-corrected chi connectivity index (χ3v) is 6.84. The molecule has 174 valence electrons. The molecule has 2 aromatic carbocycles. The number of imide groups is 1. The van der Waals surface area contributed by atoms with Crippen LogP contribution in [0.3, 0.4) is 0 Å². The van der Waals surface area contributed by atoms with Gasteiger partial charge in [-0.25, -0.2) is 4.79 Å². The highest BCUT2D eigenvalue weighted by atomic mass is 16.2. The van der Waals surface area contributed by atoms with E-state index >= 15 is 0 Å². The van der Waals surface area contributed by atoms with Crippen molar-refractivity contribution < 1.29 is 14.4 Å². The van der Waals surface area contributed by atoms with Crippen molar-refractivity contribution in [2.75, 3.05) is 17.2 Å². The Labute approximate surface area is 194 Å². The number of benzene rings is 2. The van der Waals surface area contributed by atoms with Gasteiger partial charge in [0.2, 0.25) is 5.91 Å². The van der Waals surface area contributed by atoms with Gasteiger partial charge >= 0.3 is 6.03 Å². The lowest BCUT2D eigenvalue weighted by Crippen LogP contribution is -2.50. The zero-order valence-electron chi connectivity index (χ0n) is 19.5. The van der Waals surface area contributed by atoms with Crippen molar-refractivity contribution in [2.24, 2.45) is 11.3 Å². The first-order valence-electron chi connectivity index (χ1n) is 11.5. The van der Waals surface area contributed by atoms with Gasteiger partial charge in [0.15, 0.2) is 0 Å². The van der Waals surface area contributed by atoms with Crippen LogP contribution in [0.15, 0.2) is 54.6 Å². The average Bonchev–Trinajstić information content (AvgIpc) is 2.99. The van der Waals surface area contributed by atoms with Crippen LogP contribution in [0.5, 0.6) is 0 Å². The van der Waals surface area contributed by atoms with Crippen LogP contribution in [0, 0.1) is 11.3 Å². The molecule has 33 heavy (non-hydrogen) atoms. The fourth-order valence-electron chi connectivity index (χ4n) is 4.80. The van der Waals surface area contributed by atoms with E-state index in [1.54, 1.807) is 12.1 Å². The van der Waals surface area contributed by atoms with Crippen LogP contribution in [0.25, 0.3) is 0 Å². The zero-order valence-corrected chi connectivity index (χ0v) is 19.5. The van der Waals surface area contributed by atoms with Gasteiger partial charge in [-0.15, -0.1) is 0 Å². The molecular formula is C26H32N4O3. The van der Waals surface area contributed by atoms with Crippen molar-refractivity contribution in [2.45, 2.75) is 52.0 Å². The van der Waals surface area contributed by atoms with Crippen LogP contribution in [0.2, 0.25) is 0 Å². The van der Waals surface area contributed by atoms with Gasteiger partial charge < -0.3 is 16.0 Å². The Hall–Kier alpha value is -3.35. The molecule has 1 aliphatic carbocycles. The molecule has 2 aliphatic rings. The molecule has 1 spiro atoms. The van der Waals surface area contributed by atoms with E-state index in [1.807, 2.05) is 42.5 Å². The summed E-state index contributed by atoms with van der Waals surface area (Å²) < 4.78 is 0. The van der Waals surface area contributed by atoms with E-state index < -0.39 is 17.5 Å². The highest BCUT2D eigenvalue weighted by molar-refractivity contribution is 6.10. The third kappa shape index (κ3) is 5.02. The number of hydrogen-bond acceptors (Lipinski definition) is 4. The van der Waals surface area contributed by atoms with Crippen molar-refractivity contribution in [1.82, 2.24) is 10.2 Å². The van der Waals surface area contributed by atoms with Crippen molar-refractivity contribution in [3.05, 3.63) is 54.6 Å². The number of amides is 4. The van der Waals surface area contributed by atoms with E-state index in [-0.39, 0.29) is 17.9 Å². The molecule has 7 heteroatoms. The molecule has 1 saturated carbocycles. The number of carbonyl (C=O) groups excluding carboxylic acids is 3. The van der Waals surface area contributed by atoms with Gasteiger partial charge in [-0.05, 0) is 73.4 Å². The number of para-hydroxylation sites is 1. The van der Waals surface area contributed by atoms with Crippen LogP contribution < -0.4 is 16.0 Å². The largest absolute Gasteiger partial charge is 0.356 e. The Balaban J connectivity index is 1.33. The molecule has 0 radical (unpaired) electrons. The molecule has 4 rings (SSSR count). The summed E-state index contributed by atoms with van der Waals surface area (Å²) in [5.74, 6) is -0.162.